The fourth-order valence-corrected chi connectivity index (χ4v) is 3.22. The van der Waals surface area contributed by atoms with Gasteiger partial charge in [-0.1, -0.05) is 42.8 Å². The molecule has 1 saturated heterocycles. The van der Waals surface area contributed by atoms with Crippen molar-refractivity contribution in [2.24, 2.45) is 0 Å². The summed E-state index contributed by atoms with van der Waals surface area (Å²) in [5.74, 6) is 0.954. The van der Waals surface area contributed by atoms with Crippen LogP contribution >= 0.6 is 0 Å². The smallest absolute Gasteiger partial charge is 0.133 e. The number of carbonyl (C=O) groups is 1. The lowest BCUT2D eigenvalue weighted by molar-refractivity contribution is -0.119. The molecular formula is C17H21NO. The lowest BCUT2D eigenvalue weighted by Gasteiger charge is -2.33. The van der Waals surface area contributed by atoms with Crippen molar-refractivity contribution in [2.75, 3.05) is 19.6 Å². The predicted octanol–water partition coefficient (Wildman–Crippen LogP) is 3.24. The summed E-state index contributed by atoms with van der Waals surface area (Å²) >= 11 is 0. The molecule has 1 aliphatic carbocycles. The van der Waals surface area contributed by atoms with Gasteiger partial charge in [-0.15, -0.1) is 0 Å². The first-order chi connectivity index (χ1) is 9.28. The third-order valence-electron chi connectivity index (χ3n) is 4.42. The van der Waals surface area contributed by atoms with Gasteiger partial charge >= 0.3 is 0 Å². The van der Waals surface area contributed by atoms with E-state index in [1.54, 1.807) is 5.57 Å². The lowest BCUT2D eigenvalue weighted by Crippen LogP contribution is -2.36. The number of hydrogen-bond donors (Lipinski definition) is 0. The standard InChI is InChI=1S/C17H21NO/c1-2-15(19)8-10-18-9-7-14-11-13-5-3-4-6-16(13)17(14)12-18/h3-6,11,17H,2,7-10,12H2,1H3/t17-/m1/s1. The fourth-order valence-electron chi connectivity index (χ4n) is 3.22. The molecule has 0 aromatic heterocycles. The Morgan fingerprint density at radius 3 is 3.05 bits per heavy atom. The van der Waals surface area contributed by atoms with E-state index in [9.17, 15) is 4.79 Å². The Bertz CT molecular complexity index is 518. The normalized spacial score (nSPS) is 21.7. The lowest BCUT2D eigenvalue weighted by atomic mass is 9.90. The van der Waals surface area contributed by atoms with Gasteiger partial charge in [0.25, 0.3) is 0 Å². The molecule has 0 amide bonds. The van der Waals surface area contributed by atoms with Gasteiger partial charge in [0.2, 0.25) is 0 Å². The van der Waals surface area contributed by atoms with E-state index in [0.717, 1.165) is 26.1 Å². The monoisotopic (exact) mass is 255 g/mol. The van der Waals surface area contributed by atoms with Gasteiger partial charge < -0.3 is 4.90 Å². The number of likely N-dealkylation sites (tertiary alicyclic amines) is 1. The number of Topliss-reactive ketones (excluding diaryl/α,β-unsaturated/α-hetero) is 1. The number of carbonyl (C=O) groups excluding carboxylic acids is 1. The molecule has 0 spiro atoms. The van der Waals surface area contributed by atoms with Crippen molar-refractivity contribution < 1.29 is 4.79 Å². The van der Waals surface area contributed by atoms with Crippen molar-refractivity contribution in [3.05, 3.63) is 41.0 Å². The van der Waals surface area contributed by atoms with Crippen molar-refractivity contribution >= 4 is 11.9 Å². The van der Waals surface area contributed by atoms with Crippen LogP contribution in [0.2, 0.25) is 0 Å². The Morgan fingerprint density at radius 2 is 2.21 bits per heavy atom. The van der Waals surface area contributed by atoms with Gasteiger partial charge in [-0.25, -0.2) is 0 Å². The molecule has 100 valence electrons. The maximum Gasteiger partial charge on any atom is 0.133 e. The number of benzene rings is 1. The first kappa shape index (κ1) is 12.6. The van der Waals surface area contributed by atoms with Crippen LogP contribution in [0.15, 0.2) is 29.8 Å². The number of rotatable bonds is 4. The molecule has 3 rings (SSSR count). The van der Waals surface area contributed by atoms with Gasteiger partial charge in [0.15, 0.2) is 0 Å². The Kier molecular flexibility index (Phi) is 3.52. The Labute approximate surface area is 115 Å². The molecule has 2 nitrogen and oxygen atoms in total. The van der Waals surface area contributed by atoms with E-state index >= 15 is 0 Å². The highest BCUT2D eigenvalue weighted by Gasteiger charge is 2.30. The summed E-state index contributed by atoms with van der Waals surface area (Å²) < 4.78 is 0. The number of nitrogens with zero attached hydrogens (tertiary/aromatic N) is 1. The van der Waals surface area contributed by atoms with E-state index in [0.29, 0.717) is 24.5 Å². The molecule has 1 heterocycles. The number of hydrogen-bond acceptors (Lipinski definition) is 2. The molecule has 1 aromatic rings. The summed E-state index contributed by atoms with van der Waals surface area (Å²) in [7, 11) is 0. The summed E-state index contributed by atoms with van der Waals surface area (Å²) in [5, 5.41) is 0. The fraction of sp³-hybridized carbons (Fsp3) is 0.471. The number of piperidine rings is 1. The zero-order chi connectivity index (χ0) is 13.2. The third kappa shape index (κ3) is 2.50. The second-order valence-electron chi connectivity index (χ2n) is 5.59. The van der Waals surface area contributed by atoms with E-state index in [1.807, 2.05) is 6.92 Å². The summed E-state index contributed by atoms with van der Waals surface area (Å²) in [6.07, 6.45) is 4.91. The van der Waals surface area contributed by atoms with Crippen molar-refractivity contribution in [1.82, 2.24) is 4.90 Å². The SMILES string of the molecule is CCC(=O)CCN1CCC2=Cc3ccccc3[C@@H]2C1. The number of fused-ring (bicyclic) bond motifs is 3. The third-order valence-corrected chi connectivity index (χ3v) is 4.42. The maximum absolute atomic E-state index is 11.4. The van der Waals surface area contributed by atoms with E-state index < -0.39 is 0 Å². The van der Waals surface area contributed by atoms with Crippen LogP contribution in [0.3, 0.4) is 0 Å². The summed E-state index contributed by atoms with van der Waals surface area (Å²) in [4.78, 5) is 13.9. The van der Waals surface area contributed by atoms with Gasteiger partial charge in [-0.3, -0.25) is 4.79 Å². The van der Waals surface area contributed by atoms with Gasteiger partial charge in [0, 0.05) is 38.4 Å². The van der Waals surface area contributed by atoms with E-state index in [2.05, 4.69) is 35.2 Å². The second-order valence-corrected chi connectivity index (χ2v) is 5.59. The molecule has 1 aromatic carbocycles. The van der Waals surface area contributed by atoms with E-state index in [4.69, 9.17) is 0 Å². The first-order valence-electron chi connectivity index (χ1n) is 7.31. The highest BCUT2D eigenvalue weighted by molar-refractivity contribution is 5.78. The highest BCUT2D eigenvalue weighted by atomic mass is 16.1. The molecule has 0 bridgehead atoms. The van der Waals surface area contributed by atoms with E-state index in [1.165, 1.54) is 11.1 Å². The molecule has 0 saturated carbocycles. The second kappa shape index (κ2) is 5.30. The molecule has 1 aliphatic heterocycles. The van der Waals surface area contributed by atoms with Crippen LogP contribution < -0.4 is 0 Å². The van der Waals surface area contributed by atoms with Gasteiger partial charge in [-0.2, -0.15) is 0 Å². The van der Waals surface area contributed by atoms with E-state index in [-0.39, 0.29) is 0 Å². The summed E-state index contributed by atoms with van der Waals surface area (Å²) in [6, 6.07) is 8.72. The van der Waals surface area contributed by atoms with Gasteiger partial charge in [-0.05, 0) is 17.5 Å². The molecular weight excluding hydrogens is 234 g/mol. The zero-order valence-corrected chi connectivity index (χ0v) is 11.6. The molecule has 0 unspecified atom stereocenters. The average Bonchev–Trinajstić information content (AvgIpc) is 2.82. The first-order valence-corrected chi connectivity index (χ1v) is 7.31. The average molecular weight is 255 g/mol. The van der Waals surface area contributed by atoms with Crippen LogP contribution in [0, 0.1) is 0 Å². The molecule has 0 N–H and O–H groups in total. The Hall–Kier alpha value is -1.41. The molecule has 0 radical (unpaired) electrons. The highest BCUT2D eigenvalue weighted by Crippen LogP contribution is 2.40. The summed E-state index contributed by atoms with van der Waals surface area (Å²) in [5.41, 5.74) is 4.46. The summed E-state index contributed by atoms with van der Waals surface area (Å²) in [6.45, 7) is 5.07. The van der Waals surface area contributed by atoms with Crippen LogP contribution in [0.4, 0.5) is 0 Å². The minimum Gasteiger partial charge on any atom is -0.302 e. The van der Waals surface area contributed by atoms with Crippen LogP contribution in [0.5, 0.6) is 0 Å². The Balaban J connectivity index is 1.67. The minimum absolute atomic E-state index is 0.383. The molecule has 1 atom stereocenters. The molecule has 2 heteroatoms. The van der Waals surface area contributed by atoms with Crippen molar-refractivity contribution in [3.63, 3.8) is 0 Å². The van der Waals surface area contributed by atoms with Gasteiger partial charge in [0.1, 0.15) is 5.78 Å². The predicted molar refractivity (Wildman–Crippen MR) is 78.1 cm³/mol. The van der Waals surface area contributed by atoms with Crippen molar-refractivity contribution in [1.29, 1.82) is 0 Å². The molecule has 2 aliphatic rings. The maximum atomic E-state index is 11.4. The van der Waals surface area contributed by atoms with Gasteiger partial charge in [0.05, 0.1) is 0 Å². The van der Waals surface area contributed by atoms with Crippen molar-refractivity contribution in [3.8, 4) is 0 Å². The number of ketones is 1. The van der Waals surface area contributed by atoms with Crippen molar-refractivity contribution in [2.45, 2.75) is 32.1 Å². The van der Waals surface area contributed by atoms with Crippen LogP contribution in [-0.4, -0.2) is 30.3 Å². The Morgan fingerprint density at radius 1 is 1.37 bits per heavy atom. The van der Waals surface area contributed by atoms with Crippen LogP contribution in [-0.2, 0) is 4.79 Å². The topological polar surface area (TPSA) is 20.3 Å². The minimum atomic E-state index is 0.383. The van der Waals surface area contributed by atoms with Crippen LogP contribution in [0.1, 0.15) is 43.2 Å². The largest absolute Gasteiger partial charge is 0.302 e. The van der Waals surface area contributed by atoms with Crippen LogP contribution in [0.25, 0.3) is 6.08 Å². The molecule has 19 heavy (non-hydrogen) atoms. The quantitative estimate of drug-likeness (QED) is 0.823. The zero-order valence-electron chi connectivity index (χ0n) is 11.6. The molecule has 1 fully saturated rings.